The number of anilines is 1. The van der Waals surface area contributed by atoms with E-state index in [4.69, 9.17) is 14.9 Å². The Morgan fingerprint density at radius 3 is 2.83 bits per heavy atom. The molecular weight excluding hydrogens is 376 g/mol. The average molecular weight is 402 g/mol. The molecule has 0 aromatic heterocycles. The Kier molecular flexibility index (Phi) is 5.44. The van der Waals surface area contributed by atoms with Crippen molar-refractivity contribution in [2.45, 2.75) is 32.8 Å². The van der Waals surface area contributed by atoms with Gasteiger partial charge in [0, 0.05) is 40.7 Å². The van der Waals surface area contributed by atoms with Crippen molar-refractivity contribution in [1.82, 2.24) is 0 Å². The first-order chi connectivity index (χ1) is 14.5. The zero-order chi connectivity index (χ0) is 21.3. The quantitative estimate of drug-likeness (QED) is 0.403. The molecule has 0 amide bonds. The molecule has 0 unspecified atom stereocenters. The van der Waals surface area contributed by atoms with E-state index in [1.54, 1.807) is 6.20 Å². The van der Waals surface area contributed by atoms with Crippen LogP contribution in [-0.4, -0.2) is 18.8 Å². The first-order valence-electron chi connectivity index (χ1n) is 10.2. The van der Waals surface area contributed by atoms with Crippen LogP contribution in [0.4, 0.5) is 5.69 Å². The van der Waals surface area contributed by atoms with Crippen molar-refractivity contribution in [1.29, 1.82) is 5.41 Å². The zero-order valence-electron chi connectivity index (χ0n) is 17.3. The number of carbonyl (C=O) groups excluding carboxylic acids is 1. The van der Waals surface area contributed by atoms with Crippen LogP contribution in [0.15, 0.2) is 60.3 Å². The van der Waals surface area contributed by atoms with Gasteiger partial charge >= 0.3 is 5.97 Å². The van der Waals surface area contributed by atoms with E-state index in [1.165, 1.54) is 11.8 Å². The molecule has 0 radical (unpaired) electrons. The van der Waals surface area contributed by atoms with Gasteiger partial charge in [-0.1, -0.05) is 24.8 Å². The van der Waals surface area contributed by atoms with Crippen molar-refractivity contribution < 1.29 is 14.3 Å². The number of esters is 1. The van der Waals surface area contributed by atoms with Crippen LogP contribution in [0.25, 0.3) is 0 Å². The summed E-state index contributed by atoms with van der Waals surface area (Å²) in [5, 5.41) is 10.9. The van der Waals surface area contributed by atoms with Gasteiger partial charge in [-0.25, -0.2) is 4.79 Å². The van der Waals surface area contributed by atoms with Gasteiger partial charge in [0.2, 0.25) is 0 Å². The number of nitrogens with one attached hydrogen (secondary N) is 2. The lowest BCUT2D eigenvalue weighted by atomic mass is 9.76. The molecule has 2 N–H and O–H groups in total. The third-order valence-corrected chi connectivity index (χ3v) is 6.00. The van der Waals surface area contributed by atoms with Crippen molar-refractivity contribution in [3.05, 3.63) is 82.6 Å². The fourth-order valence-electron chi connectivity index (χ4n) is 4.32. The molecule has 1 saturated heterocycles. The van der Waals surface area contributed by atoms with Gasteiger partial charge in [-0.15, -0.1) is 0 Å². The number of benzene rings is 2. The van der Waals surface area contributed by atoms with Gasteiger partial charge in [0.15, 0.2) is 0 Å². The van der Waals surface area contributed by atoms with Crippen LogP contribution in [-0.2, 0) is 16.0 Å². The summed E-state index contributed by atoms with van der Waals surface area (Å²) >= 11 is 0. The minimum Gasteiger partial charge on any atom is -0.488 e. The Balaban J connectivity index is 1.56. The molecule has 2 aromatic rings. The maximum atomic E-state index is 12.1. The van der Waals surface area contributed by atoms with Crippen LogP contribution in [0.2, 0.25) is 0 Å². The van der Waals surface area contributed by atoms with Crippen molar-refractivity contribution in [3.8, 4) is 5.75 Å². The van der Waals surface area contributed by atoms with Gasteiger partial charge in [0.1, 0.15) is 18.5 Å². The third-order valence-electron chi connectivity index (χ3n) is 6.00. The lowest BCUT2D eigenvalue weighted by molar-refractivity contribution is -0.139. The second-order valence-electron chi connectivity index (χ2n) is 7.87. The summed E-state index contributed by atoms with van der Waals surface area (Å²) in [7, 11) is 0. The summed E-state index contributed by atoms with van der Waals surface area (Å²) in [6, 6.07) is 11.8. The van der Waals surface area contributed by atoms with E-state index in [9.17, 15) is 4.79 Å². The van der Waals surface area contributed by atoms with E-state index in [-0.39, 0.29) is 24.6 Å². The van der Waals surface area contributed by atoms with Gasteiger partial charge < -0.3 is 20.2 Å². The lowest BCUT2D eigenvalue weighted by Crippen LogP contribution is -2.20. The van der Waals surface area contributed by atoms with Crippen LogP contribution in [0, 0.1) is 25.2 Å². The van der Waals surface area contributed by atoms with Crippen molar-refractivity contribution >= 4 is 17.9 Å². The molecular formula is C25H26N2O3. The lowest BCUT2D eigenvalue weighted by Gasteiger charge is -2.30. The van der Waals surface area contributed by atoms with E-state index in [2.05, 4.69) is 18.8 Å². The molecule has 1 heterocycles. The minimum atomic E-state index is -0.290. The predicted octanol–water partition coefficient (Wildman–Crippen LogP) is 5.04. The number of carbonyl (C=O) groups is 1. The minimum absolute atomic E-state index is 0.0467. The van der Waals surface area contributed by atoms with Crippen molar-refractivity contribution in [2.75, 3.05) is 11.9 Å². The highest BCUT2D eigenvalue weighted by atomic mass is 16.6. The molecule has 2 atom stereocenters. The summed E-state index contributed by atoms with van der Waals surface area (Å²) in [5.41, 5.74) is 6.69. The van der Waals surface area contributed by atoms with Gasteiger partial charge in [-0.3, -0.25) is 0 Å². The molecule has 0 spiro atoms. The van der Waals surface area contributed by atoms with Crippen molar-refractivity contribution in [2.24, 2.45) is 5.92 Å². The highest BCUT2D eigenvalue weighted by Gasteiger charge is 2.44. The third kappa shape index (κ3) is 3.63. The van der Waals surface area contributed by atoms with Crippen LogP contribution in [0.5, 0.6) is 5.75 Å². The molecule has 30 heavy (non-hydrogen) atoms. The van der Waals surface area contributed by atoms with E-state index >= 15 is 0 Å². The molecule has 1 aliphatic carbocycles. The molecule has 1 fully saturated rings. The Morgan fingerprint density at radius 1 is 1.33 bits per heavy atom. The summed E-state index contributed by atoms with van der Waals surface area (Å²) in [6.45, 7) is 8.29. The Hall–Kier alpha value is -3.34. The largest absolute Gasteiger partial charge is 0.488 e. The standard InChI is InChI=1S/C25H26N2O3/c1-15-11-22(29-14-18(12-26)13-27-19-7-5-4-6-8-19)17(3)23-20(15)9-10-21-16(2)25(28)30-24(21)23/h4-8,11-13,21,24,26-27H,2,9-10,14H2,1,3H3/b18-13+,26-12?/t21-,24+/m0/s1. The van der Waals surface area contributed by atoms with Crippen LogP contribution < -0.4 is 10.1 Å². The second kappa shape index (κ2) is 8.19. The molecule has 0 saturated carbocycles. The Bertz CT molecular complexity index is 1040. The maximum Gasteiger partial charge on any atom is 0.334 e. The van der Waals surface area contributed by atoms with Gasteiger partial charge in [-0.05, 0) is 61.6 Å². The SMILES string of the molecule is C=C1C(=O)O[C@H]2c3c(C)c(OC/C(C=N)=C/Nc4ccccc4)cc(C)c3CC[C@@H]12. The molecule has 5 nitrogen and oxygen atoms in total. The number of aryl methyl sites for hydroxylation is 1. The molecule has 1 aliphatic heterocycles. The average Bonchev–Trinajstić information content (AvgIpc) is 3.05. The summed E-state index contributed by atoms with van der Waals surface area (Å²) in [5.74, 6) is 0.514. The van der Waals surface area contributed by atoms with Gasteiger partial charge in [-0.2, -0.15) is 0 Å². The van der Waals surface area contributed by atoms with Crippen LogP contribution >= 0.6 is 0 Å². The fraction of sp³-hybridized carbons (Fsp3) is 0.280. The molecule has 2 aliphatic rings. The van der Waals surface area contributed by atoms with Crippen LogP contribution in [0.1, 0.15) is 34.8 Å². The summed E-state index contributed by atoms with van der Waals surface area (Å²) in [4.78, 5) is 12.1. The van der Waals surface area contributed by atoms with Gasteiger partial charge in [0.05, 0.1) is 0 Å². The number of para-hydroxylation sites is 1. The second-order valence-corrected chi connectivity index (χ2v) is 7.87. The first kappa shape index (κ1) is 20.0. The number of rotatable bonds is 6. The molecule has 4 rings (SSSR count). The highest BCUT2D eigenvalue weighted by molar-refractivity contribution is 5.91. The monoisotopic (exact) mass is 402 g/mol. The van der Waals surface area contributed by atoms with Crippen LogP contribution in [0.3, 0.4) is 0 Å². The maximum absolute atomic E-state index is 12.1. The molecule has 0 bridgehead atoms. The molecule has 5 heteroatoms. The van der Waals surface area contributed by atoms with E-state index < -0.39 is 0 Å². The van der Waals surface area contributed by atoms with E-state index in [1.807, 2.05) is 43.3 Å². The molecule has 2 aromatic carbocycles. The van der Waals surface area contributed by atoms with E-state index in [0.717, 1.165) is 41.0 Å². The zero-order valence-corrected chi connectivity index (χ0v) is 17.3. The summed E-state index contributed by atoms with van der Waals surface area (Å²) < 4.78 is 11.8. The number of hydrogen-bond donors (Lipinski definition) is 2. The number of ether oxygens (including phenoxy) is 2. The molecule has 154 valence electrons. The smallest absolute Gasteiger partial charge is 0.334 e. The Morgan fingerprint density at radius 2 is 2.10 bits per heavy atom. The Labute approximate surface area is 176 Å². The highest BCUT2D eigenvalue weighted by Crippen LogP contribution is 2.49. The first-order valence-corrected chi connectivity index (χ1v) is 10.2. The van der Waals surface area contributed by atoms with Gasteiger partial charge in [0.25, 0.3) is 0 Å². The topological polar surface area (TPSA) is 71.4 Å². The summed E-state index contributed by atoms with van der Waals surface area (Å²) in [6.07, 6.45) is 4.59. The number of fused-ring (bicyclic) bond motifs is 3. The van der Waals surface area contributed by atoms with Crippen molar-refractivity contribution in [3.63, 3.8) is 0 Å². The predicted molar refractivity (Wildman–Crippen MR) is 118 cm³/mol. The fourth-order valence-corrected chi connectivity index (χ4v) is 4.32. The van der Waals surface area contributed by atoms with E-state index in [0.29, 0.717) is 11.1 Å². The number of hydrogen-bond acceptors (Lipinski definition) is 5. The normalized spacial score (nSPS) is 20.3.